The minimum Gasteiger partial charge on any atom is -0.330 e. The van der Waals surface area contributed by atoms with Gasteiger partial charge < -0.3 is 5.73 Å². The van der Waals surface area contributed by atoms with Gasteiger partial charge in [-0.1, -0.05) is 36.4 Å². The highest BCUT2D eigenvalue weighted by atomic mass is 14.6. The molecule has 0 fully saturated rings. The third-order valence-corrected chi connectivity index (χ3v) is 2.33. The molecule has 2 N–H and O–H groups in total. The molecular formula is C13H14N2. The quantitative estimate of drug-likeness (QED) is 0.823. The van der Waals surface area contributed by atoms with Gasteiger partial charge in [0.1, 0.15) is 0 Å². The van der Waals surface area contributed by atoms with Gasteiger partial charge in [0.2, 0.25) is 0 Å². The lowest BCUT2D eigenvalue weighted by molar-refractivity contribution is 1.01. The highest BCUT2D eigenvalue weighted by molar-refractivity contribution is 5.89. The van der Waals surface area contributed by atoms with E-state index in [4.69, 9.17) is 5.73 Å². The first-order chi connectivity index (χ1) is 7.42. The highest BCUT2D eigenvalue weighted by Crippen LogP contribution is 2.18. The zero-order chi connectivity index (χ0) is 10.5. The summed E-state index contributed by atoms with van der Waals surface area (Å²) in [5.74, 6) is 0. The van der Waals surface area contributed by atoms with Gasteiger partial charge >= 0.3 is 0 Å². The fraction of sp³-hybridized carbons (Fsp3) is 0.154. The maximum atomic E-state index is 5.44. The van der Waals surface area contributed by atoms with E-state index in [2.05, 4.69) is 29.3 Å². The van der Waals surface area contributed by atoms with Crippen LogP contribution in [0.5, 0.6) is 0 Å². The van der Waals surface area contributed by atoms with Crippen molar-refractivity contribution in [2.45, 2.75) is 6.42 Å². The molecule has 0 radical (unpaired) electrons. The van der Waals surface area contributed by atoms with Crippen molar-refractivity contribution in [2.75, 3.05) is 6.54 Å². The Labute approximate surface area is 89.4 Å². The molecular weight excluding hydrogens is 184 g/mol. The first-order valence-corrected chi connectivity index (χ1v) is 5.11. The normalized spacial score (nSPS) is 11.3. The van der Waals surface area contributed by atoms with Crippen LogP contribution in [0, 0.1) is 0 Å². The Kier molecular flexibility index (Phi) is 3.10. The van der Waals surface area contributed by atoms with Crippen LogP contribution < -0.4 is 5.73 Å². The summed E-state index contributed by atoms with van der Waals surface area (Å²) < 4.78 is 0. The standard InChI is InChI=1S/C13H14N2/c14-8-4-3-6-12-10-15-9-11-5-1-2-7-13(11)12/h1-3,5-7,9-10H,4,8,14H2. The minimum absolute atomic E-state index is 0.689. The van der Waals surface area contributed by atoms with Crippen LogP contribution >= 0.6 is 0 Å². The Hall–Kier alpha value is -1.67. The number of benzene rings is 1. The highest BCUT2D eigenvalue weighted by Gasteiger charge is 1.96. The fourth-order valence-corrected chi connectivity index (χ4v) is 1.58. The minimum atomic E-state index is 0.689. The van der Waals surface area contributed by atoms with E-state index in [0.717, 1.165) is 12.0 Å². The van der Waals surface area contributed by atoms with Gasteiger partial charge in [-0.2, -0.15) is 0 Å². The second-order valence-electron chi connectivity index (χ2n) is 3.43. The Morgan fingerprint density at radius 2 is 2.07 bits per heavy atom. The zero-order valence-corrected chi connectivity index (χ0v) is 8.56. The molecule has 76 valence electrons. The third kappa shape index (κ3) is 2.22. The van der Waals surface area contributed by atoms with Gasteiger partial charge in [-0.15, -0.1) is 0 Å². The molecule has 0 saturated carbocycles. The van der Waals surface area contributed by atoms with Crippen LogP contribution in [0.2, 0.25) is 0 Å². The summed E-state index contributed by atoms with van der Waals surface area (Å²) in [5, 5.41) is 2.41. The van der Waals surface area contributed by atoms with Crippen LogP contribution in [-0.2, 0) is 0 Å². The van der Waals surface area contributed by atoms with E-state index in [-0.39, 0.29) is 0 Å². The molecule has 0 saturated heterocycles. The van der Waals surface area contributed by atoms with Gasteiger partial charge in [-0.3, -0.25) is 4.98 Å². The van der Waals surface area contributed by atoms with Crippen molar-refractivity contribution in [3.8, 4) is 0 Å². The van der Waals surface area contributed by atoms with Crippen LogP contribution in [0.3, 0.4) is 0 Å². The van der Waals surface area contributed by atoms with E-state index < -0.39 is 0 Å². The van der Waals surface area contributed by atoms with Crippen LogP contribution in [0.1, 0.15) is 12.0 Å². The topological polar surface area (TPSA) is 38.9 Å². The average Bonchev–Trinajstić information content (AvgIpc) is 2.30. The summed E-state index contributed by atoms with van der Waals surface area (Å²) in [7, 11) is 0. The summed E-state index contributed by atoms with van der Waals surface area (Å²) in [6.07, 6.45) is 8.85. The summed E-state index contributed by atoms with van der Waals surface area (Å²) in [5.41, 5.74) is 6.59. The third-order valence-electron chi connectivity index (χ3n) is 2.33. The largest absolute Gasteiger partial charge is 0.330 e. The van der Waals surface area contributed by atoms with Crippen LogP contribution in [0.4, 0.5) is 0 Å². The number of hydrogen-bond acceptors (Lipinski definition) is 2. The Bertz CT molecular complexity index is 469. The lowest BCUT2D eigenvalue weighted by atomic mass is 10.1. The first kappa shape index (κ1) is 9.87. The van der Waals surface area contributed by atoms with E-state index in [9.17, 15) is 0 Å². The second kappa shape index (κ2) is 4.71. The van der Waals surface area contributed by atoms with E-state index >= 15 is 0 Å². The lowest BCUT2D eigenvalue weighted by Gasteiger charge is -2.00. The average molecular weight is 198 g/mol. The molecule has 0 aliphatic carbocycles. The molecule has 0 atom stereocenters. The number of fused-ring (bicyclic) bond motifs is 1. The molecule has 1 aromatic carbocycles. The summed E-state index contributed by atoms with van der Waals surface area (Å²) in [6.45, 7) is 0.689. The van der Waals surface area contributed by atoms with E-state index in [1.807, 2.05) is 24.5 Å². The van der Waals surface area contributed by atoms with Crippen molar-refractivity contribution < 1.29 is 0 Å². The predicted octanol–water partition coefficient (Wildman–Crippen LogP) is 2.60. The second-order valence-corrected chi connectivity index (χ2v) is 3.43. The Morgan fingerprint density at radius 1 is 1.20 bits per heavy atom. The van der Waals surface area contributed by atoms with Gasteiger partial charge in [0.05, 0.1) is 0 Å². The molecule has 1 aromatic heterocycles. The molecule has 1 heterocycles. The number of nitrogens with zero attached hydrogens (tertiary/aromatic N) is 1. The molecule has 0 amide bonds. The number of pyridine rings is 1. The zero-order valence-electron chi connectivity index (χ0n) is 8.56. The molecule has 0 unspecified atom stereocenters. The number of aromatic nitrogens is 1. The van der Waals surface area contributed by atoms with Crippen molar-refractivity contribution in [3.05, 3.63) is 48.3 Å². The van der Waals surface area contributed by atoms with E-state index in [0.29, 0.717) is 6.54 Å². The monoisotopic (exact) mass is 198 g/mol. The lowest BCUT2D eigenvalue weighted by Crippen LogP contribution is -1.95. The van der Waals surface area contributed by atoms with E-state index in [1.54, 1.807) is 0 Å². The maximum Gasteiger partial charge on any atom is 0.0346 e. The van der Waals surface area contributed by atoms with Gasteiger partial charge in [0, 0.05) is 23.3 Å². The van der Waals surface area contributed by atoms with Crippen molar-refractivity contribution in [1.29, 1.82) is 0 Å². The number of hydrogen-bond donors (Lipinski definition) is 1. The van der Waals surface area contributed by atoms with Gasteiger partial charge in [-0.25, -0.2) is 0 Å². The molecule has 2 heteroatoms. The maximum absolute atomic E-state index is 5.44. The smallest absolute Gasteiger partial charge is 0.0346 e. The van der Waals surface area contributed by atoms with Gasteiger partial charge in [-0.05, 0) is 18.4 Å². The summed E-state index contributed by atoms with van der Waals surface area (Å²) >= 11 is 0. The van der Waals surface area contributed by atoms with Gasteiger partial charge in [0.15, 0.2) is 0 Å². The van der Waals surface area contributed by atoms with Crippen LogP contribution in [0.25, 0.3) is 16.8 Å². The SMILES string of the molecule is NCCC=Cc1cncc2ccccc12. The molecule has 0 aliphatic rings. The molecule has 2 rings (SSSR count). The summed E-state index contributed by atoms with van der Waals surface area (Å²) in [4.78, 5) is 4.21. The van der Waals surface area contributed by atoms with E-state index in [1.165, 1.54) is 10.8 Å². The van der Waals surface area contributed by atoms with Crippen molar-refractivity contribution in [1.82, 2.24) is 4.98 Å². The van der Waals surface area contributed by atoms with Crippen molar-refractivity contribution in [3.63, 3.8) is 0 Å². The summed E-state index contributed by atoms with van der Waals surface area (Å²) in [6, 6.07) is 8.25. The van der Waals surface area contributed by atoms with Crippen LogP contribution in [0.15, 0.2) is 42.7 Å². The Morgan fingerprint density at radius 3 is 2.93 bits per heavy atom. The molecule has 0 aliphatic heterocycles. The Balaban J connectivity index is 2.42. The predicted molar refractivity (Wildman–Crippen MR) is 64.4 cm³/mol. The fourth-order valence-electron chi connectivity index (χ4n) is 1.58. The first-order valence-electron chi connectivity index (χ1n) is 5.11. The molecule has 2 aromatic rings. The number of nitrogens with two attached hydrogens (primary N) is 1. The van der Waals surface area contributed by atoms with Crippen molar-refractivity contribution in [2.24, 2.45) is 5.73 Å². The van der Waals surface area contributed by atoms with Gasteiger partial charge in [0.25, 0.3) is 0 Å². The van der Waals surface area contributed by atoms with Crippen LogP contribution in [-0.4, -0.2) is 11.5 Å². The number of rotatable bonds is 3. The molecule has 0 spiro atoms. The molecule has 2 nitrogen and oxygen atoms in total. The molecule has 0 bridgehead atoms. The van der Waals surface area contributed by atoms with Crippen molar-refractivity contribution >= 4 is 16.8 Å². The molecule has 15 heavy (non-hydrogen) atoms.